The first kappa shape index (κ1) is 17.4. The summed E-state index contributed by atoms with van der Waals surface area (Å²) in [5.74, 6) is -2.15. The molecular weight excluding hydrogens is 278 g/mol. The van der Waals surface area contributed by atoms with Gasteiger partial charge in [0.05, 0.1) is 12.6 Å². The average molecular weight is 293 g/mol. The summed E-state index contributed by atoms with van der Waals surface area (Å²) < 4.78 is 50.5. The number of unbranched alkanes of at least 4 members (excludes halogenated alkanes) is 1. The maximum atomic E-state index is 12.0. The lowest BCUT2D eigenvalue weighted by Crippen LogP contribution is -2.45. The van der Waals surface area contributed by atoms with E-state index in [2.05, 4.69) is 4.52 Å². The van der Waals surface area contributed by atoms with Gasteiger partial charge in [-0.3, -0.25) is 9.32 Å². The molecule has 1 amide bonds. The summed E-state index contributed by atoms with van der Waals surface area (Å²) in [5.41, 5.74) is 0. The van der Waals surface area contributed by atoms with Gasteiger partial charge in [0, 0.05) is 0 Å². The molecule has 6 nitrogen and oxygen atoms in total. The molecular formula is C8H15F3NO5P. The highest BCUT2D eigenvalue weighted by molar-refractivity contribution is 7.46. The molecule has 0 fully saturated rings. The van der Waals surface area contributed by atoms with E-state index in [-0.39, 0.29) is 6.42 Å². The molecule has 0 heterocycles. The number of rotatable bonds is 7. The van der Waals surface area contributed by atoms with Gasteiger partial charge in [-0.1, -0.05) is 19.8 Å². The van der Waals surface area contributed by atoms with E-state index in [1.54, 1.807) is 12.2 Å². The fourth-order valence-corrected chi connectivity index (χ4v) is 1.48. The number of nitrogens with one attached hydrogen (secondary N) is 1. The molecule has 10 heteroatoms. The van der Waals surface area contributed by atoms with Crippen LogP contribution in [0.2, 0.25) is 0 Å². The summed E-state index contributed by atoms with van der Waals surface area (Å²) in [6.07, 6.45) is -3.74. The standard InChI is InChI=1S/C8H15F3NO5P/c1-2-3-4-6(5-17-18(14,15)16)12-7(13)8(9,10)11/h6H,2-5H2,1H3,(H,12,13)(H2,14,15,16)/t6-/m1/s1. The molecule has 3 N–H and O–H groups in total. The zero-order valence-corrected chi connectivity index (χ0v) is 10.5. The molecule has 0 spiro atoms. The molecule has 0 aliphatic heterocycles. The van der Waals surface area contributed by atoms with Gasteiger partial charge in [0.1, 0.15) is 0 Å². The van der Waals surface area contributed by atoms with Crippen LogP contribution in [0.4, 0.5) is 13.2 Å². The summed E-state index contributed by atoms with van der Waals surface area (Å²) in [6.45, 7) is 1.11. The monoisotopic (exact) mass is 293 g/mol. The van der Waals surface area contributed by atoms with Crippen LogP contribution in [0.25, 0.3) is 0 Å². The number of carbonyl (C=O) groups is 1. The van der Waals surface area contributed by atoms with Crippen molar-refractivity contribution in [3.05, 3.63) is 0 Å². The number of halogens is 3. The number of carbonyl (C=O) groups excluding carboxylic acids is 1. The molecule has 0 aromatic heterocycles. The molecule has 0 saturated carbocycles. The first-order valence-electron chi connectivity index (χ1n) is 5.14. The summed E-state index contributed by atoms with van der Waals surface area (Å²) >= 11 is 0. The third-order valence-corrected chi connectivity index (χ3v) is 2.43. The van der Waals surface area contributed by atoms with E-state index in [0.717, 1.165) is 0 Å². The van der Waals surface area contributed by atoms with Crippen LogP contribution in [0, 0.1) is 0 Å². The van der Waals surface area contributed by atoms with Crippen molar-refractivity contribution < 1.29 is 36.8 Å². The minimum absolute atomic E-state index is 0.137. The van der Waals surface area contributed by atoms with Crippen molar-refractivity contribution in [3.8, 4) is 0 Å². The van der Waals surface area contributed by atoms with E-state index >= 15 is 0 Å². The van der Waals surface area contributed by atoms with Crippen molar-refractivity contribution >= 4 is 13.7 Å². The van der Waals surface area contributed by atoms with Gasteiger partial charge in [0.25, 0.3) is 0 Å². The average Bonchev–Trinajstić information content (AvgIpc) is 2.19. The second kappa shape index (κ2) is 7.08. The minimum Gasteiger partial charge on any atom is -0.343 e. The largest absolute Gasteiger partial charge is 0.471 e. The zero-order valence-electron chi connectivity index (χ0n) is 9.61. The Bertz CT molecular complexity index is 316. The van der Waals surface area contributed by atoms with Crippen LogP contribution in [0.3, 0.4) is 0 Å². The van der Waals surface area contributed by atoms with E-state index < -0.39 is 32.6 Å². The van der Waals surface area contributed by atoms with Crippen molar-refractivity contribution in [2.24, 2.45) is 0 Å². The minimum atomic E-state index is -5.04. The van der Waals surface area contributed by atoms with Crippen LogP contribution in [-0.2, 0) is 13.9 Å². The Labute approximate surface area is 102 Å². The van der Waals surface area contributed by atoms with Crippen molar-refractivity contribution in [1.82, 2.24) is 5.32 Å². The maximum Gasteiger partial charge on any atom is 0.471 e. The third kappa shape index (κ3) is 8.46. The van der Waals surface area contributed by atoms with Gasteiger partial charge in [-0.05, 0) is 6.42 Å². The predicted octanol–water partition coefficient (Wildman–Crippen LogP) is 1.33. The van der Waals surface area contributed by atoms with E-state index in [9.17, 15) is 22.5 Å². The smallest absolute Gasteiger partial charge is 0.343 e. The molecule has 1 atom stereocenters. The van der Waals surface area contributed by atoms with Crippen molar-refractivity contribution in [1.29, 1.82) is 0 Å². The Kier molecular flexibility index (Phi) is 6.83. The van der Waals surface area contributed by atoms with Crippen LogP contribution < -0.4 is 5.32 Å². The van der Waals surface area contributed by atoms with Crippen molar-refractivity contribution in [2.45, 2.75) is 38.4 Å². The Morgan fingerprint density at radius 3 is 2.39 bits per heavy atom. The summed E-state index contributed by atoms with van der Waals surface area (Å²) in [5, 5.41) is 1.63. The summed E-state index contributed by atoms with van der Waals surface area (Å²) in [4.78, 5) is 27.6. The van der Waals surface area contributed by atoms with Crippen LogP contribution in [0.15, 0.2) is 0 Å². The highest BCUT2D eigenvalue weighted by atomic mass is 31.2. The predicted molar refractivity (Wildman–Crippen MR) is 55.5 cm³/mol. The lowest BCUT2D eigenvalue weighted by Gasteiger charge is -2.19. The molecule has 0 aromatic rings. The maximum absolute atomic E-state index is 12.0. The molecule has 0 bridgehead atoms. The number of phosphoric ester groups is 1. The Hall–Kier alpha value is -0.630. The van der Waals surface area contributed by atoms with Gasteiger partial charge >= 0.3 is 19.9 Å². The first-order chi connectivity index (χ1) is 8.06. The Balaban J connectivity index is 4.40. The SMILES string of the molecule is CCCC[C@H](COP(=O)(O)O)NC(=O)C(F)(F)F. The molecule has 0 radical (unpaired) electrons. The van der Waals surface area contributed by atoms with Crippen LogP contribution in [0.5, 0.6) is 0 Å². The fraction of sp³-hybridized carbons (Fsp3) is 0.875. The van der Waals surface area contributed by atoms with Gasteiger partial charge < -0.3 is 15.1 Å². The van der Waals surface area contributed by atoms with Crippen molar-refractivity contribution in [3.63, 3.8) is 0 Å². The lowest BCUT2D eigenvalue weighted by atomic mass is 10.1. The number of hydrogen-bond acceptors (Lipinski definition) is 3. The van der Waals surface area contributed by atoms with Gasteiger partial charge in [-0.25, -0.2) is 4.57 Å². The highest BCUT2D eigenvalue weighted by Gasteiger charge is 2.39. The van der Waals surface area contributed by atoms with Gasteiger partial charge in [-0.15, -0.1) is 0 Å². The molecule has 18 heavy (non-hydrogen) atoms. The number of amides is 1. The third-order valence-electron chi connectivity index (χ3n) is 1.94. The first-order valence-corrected chi connectivity index (χ1v) is 6.67. The molecule has 0 rings (SSSR count). The fourth-order valence-electron chi connectivity index (χ4n) is 1.10. The number of hydrogen-bond donors (Lipinski definition) is 3. The number of alkyl halides is 3. The van der Waals surface area contributed by atoms with E-state index in [4.69, 9.17) is 9.79 Å². The van der Waals surface area contributed by atoms with E-state index in [1.807, 2.05) is 0 Å². The number of phosphoric acid groups is 1. The Morgan fingerprint density at radius 1 is 1.44 bits per heavy atom. The molecule has 0 aromatic carbocycles. The van der Waals surface area contributed by atoms with Crippen molar-refractivity contribution in [2.75, 3.05) is 6.61 Å². The van der Waals surface area contributed by atoms with E-state index in [1.165, 1.54) is 0 Å². The summed E-state index contributed by atoms with van der Waals surface area (Å²) in [6, 6.07) is -1.09. The molecule has 0 aliphatic carbocycles. The second-order valence-electron chi connectivity index (χ2n) is 3.60. The zero-order chi connectivity index (χ0) is 14.4. The topological polar surface area (TPSA) is 95.9 Å². The van der Waals surface area contributed by atoms with Gasteiger partial charge in [0.15, 0.2) is 0 Å². The highest BCUT2D eigenvalue weighted by Crippen LogP contribution is 2.35. The quantitative estimate of drug-likeness (QED) is 0.615. The summed E-state index contributed by atoms with van der Waals surface area (Å²) in [7, 11) is -4.77. The Morgan fingerprint density at radius 2 is 2.00 bits per heavy atom. The van der Waals surface area contributed by atoms with Crippen LogP contribution in [-0.4, -0.2) is 34.5 Å². The van der Waals surface area contributed by atoms with E-state index in [0.29, 0.717) is 12.8 Å². The molecule has 108 valence electrons. The second-order valence-corrected chi connectivity index (χ2v) is 4.84. The van der Waals surface area contributed by atoms with Crippen LogP contribution >= 0.6 is 7.82 Å². The normalized spacial score (nSPS) is 14.3. The lowest BCUT2D eigenvalue weighted by molar-refractivity contribution is -0.174. The molecule has 0 aliphatic rings. The molecule has 0 saturated heterocycles. The molecule has 0 unspecified atom stereocenters. The van der Waals surface area contributed by atoms with Gasteiger partial charge in [-0.2, -0.15) is 13.2 Å². The van der Waals surface area contributed by atoms with Gasteiger partial charge in [0.2, 0.25) is 0 Å². The van der Waals surface area contributed by atoms with Crippen LogP contribution in [0.1, 0.15) is 26.2 Å².